The molecule has 7 nitrogen and oxygen atoms in total. The molecule has 3 fully saturated rings. The zero-order valence-corrected chi connectivity index (χ0v) is 15.7. The molecule has 0 aliphatic carbocycles. The van der Waals surface area contributed by atoms with E-state index in [0.29, 0.717) is 37.6 Å². The van der Waals surface area contributed by atoms with Crippen molar-refractivity contribution in [3.63, 3.8) is 0 Å². The average molecular weight is 385 g/mol. The molecule has 3 aliphatic rings. The Balaban J connectivity index is 0.00000196. The minimum atomic E-state index is -0.569. The van der Waals surface area contributed by atoms with Gasteiger partial charge in [0.1, 0.15) is 17.4 Å². The van der Waals surface area contributed by atoms with Gasteiger partial charge in [-0.25, -0.2) is 4.79 Å². The number of hydrogen-bond acceptors (Lipinski definition) is 6. The molecular formula is C18H25ClN2O5. The van der Waals surface area contributed by atoms with Crippen molar-refractivity contribution in [1.82, 2.24) is 10.2 Å². The van der Waals surface area contributed by atoms with Gasteiger partial charge in [-0.1, -0.05) is 0 Å². The van der Waals surface area contributed by atoms with E-state index in [2.05, 4.69) is 5.32 Å². The maximum Gasteiger partial charge on any atom is 0.349 e. The molecule has 0 radical (unpaired) electrons. The van der Waals surface area contributed by atoms with Crippen LogP contribution in [-0.2, 0) is 9.47 Å². The average Bonchev–Trinajstić information content (AvgIpc) is 3.26. The summed E-state index contributed by atoms with van der Waals surface area (Å²) in [5.41, 5.74) is -0.109. The van der Waals surface area contributed by atoms with Gasteiger partial charge in [0.15, 0.2) is 0 Å². The van der Waals surface area contributed by atoms with Crippen molar-refractivity contribution in [2.24, 2.45) is 0 Å². The molecule has 1 spiro atoms. The molecular weight excluding hydrogens is 360 g/mol. The van der Waals surface area contributed by atoms with Crippen LogP contribution in [0.5, 0.6) is 0 Å². The van der Waals surface area contributed by atoms with Crippen LogP contribution in [0.4, 0.5) is 0 Å². The summed E-state index contributed by atoms with van der Waals surface area (Å²) in [4.78, 5) is 27.2. The number of rotatable bonds is 2. The number of carbonyl (C=O) groups is 1. The topological polar surface area (TPSA) is 81.0 Å². The number of carbonyl (C=O) groups excluding carboxylic acids is 1. The summed E-state index contributed by atoms with van der Waals surface area (Å²) in [7, 11) is 0. The van der Waals surface area contributed by atoms with Gasteiger partial charge in [-0.15, -0.1) is 12.4 Å². The van der Waals surface area contributed by atoms with Gasteiger partial charge in [0.05, 0.1) is 18.8 Å². The van der Waals surface area contributed by atoms with E-state index in [4.69, 9.17) is 13.9 Å². The zero-order valence-electron chi connectivity index (χ0n) is 14.9. The molecule has 26 heavy (non-hydrogen) atoms. The molecule has 144 valence electrons. The smallest absolute Gasteiger partial charge is 0.349 e. The number of aryl methyl sites for hydroxylation is 1. The van der Waals surface area contributed by atoms with Gasteiger partial charge in [0.25, 0.3) is 5.91 Å². The van der Waals surface area contributed by atoms with E-state index < -0.39 is 5.63 Å². The van der Waals surface area contributed by atoms with Crippen molar-refractivity contribution in [2.75, 3.05) is 39.4 Å². The van der Waals surface area contributed by atoms with E-state index in [1.165, 1.54) is 0 Å². The van der Waals surface area contributed by atoms with Crippen molar-refractivity contribution in [3.8, 4) is 0 Å². The Kier molecular flexibility index (Phi) is 5.72. The summed E-state index contributed by atoms with van der Waals surface area (Å²) >= 11 is 0. The summed E-state index contributed by atoms with van der Waals surface area (Å²) in [6.45, 7) is 5.58. The molecule has 8 heteroatoms. The predicted octanol–water partition coefficient (Wildman–Crippen LogP) is 1.43. The maximum absolute atomic E-state index is 13.0. The van der Waals surface area contributed by atoms with Gasteiger partial charge in [0.2, 0.25) is 0 Å². The van der Waals surface area contributed by atoms with Crippen LogP contribution in [0.15, 0.2) is 15.3 Å². The summed E-state index contributed by atoms with van der Waals surface area (Å²) in [5, 5.41) is 3.29. The second-order valence-electron chi connectivity index (χ2n) is 7.18. The monoisotopic (exact) mass is 384 g/mol. The fraction of sp³-hybridized carbons (Fsp3) is 0.667. The number of halogens is 1. The van der Waals surface area contributed by atoms with Crippen LogP contribution in [-0.4, -0.2) is 55.8 Å². The van der Waals surface area contributed by atoms with Crippen molar-refractivity contribution < 1.29 is 18.7 Å². The highest BCUT2D eigenvalue weighted by Gasteiger charge is 2.41. The highest BCUT2D eigenvalue weighted by molar-refractivity contribution is 5.95. The lowest BCUT2D eigenvalue weighted by Crippen LogP contribution is -2.55. The van der Waals surface area contributed by atoms with Gasteiger partial charge in [-0.3, -0.25) is 4.79 Å². The molecule has 1 amide bonds. The first-order valence-electron chi connectivity index (χ1n) is 8.98. The Morgan fingerprint density at radius 2 is 2.23 bits per heavy atom. The number of nitrogens with one attached hydrogen (secondary N) is 1. The van der Waals surface area contributed by atoms with E-state index in [-0.39, 0.29) is 35.6 Å². The van der Waals surface area contributed by atoms with Crippen LogP contribution < -0.4 is 10.9 Å². The van der Waals surface area contributed by atoms with Crippen LogP contribution in [0, 0.1) is 6.92 Å². The lowest BCUT2D eigenvalue weighted by atomic mass is 9.99. The van der Waals surface area contributed by atoms with Crippen molar-refractivity contribution in [1.29, 1.82) is 0 Å². The predicted molar refractivity (Wildman–Crippen MR) is 97.0 cm³/mol. The normalized spacial score (nSPS) is 28.3. The second kappa shape index (κ2) is 7.68. The van der Waals surface area contributed by atoms with Crippen LogP contribution in [0.1, 0.15) is 47.0 Å². The van der Waals surface area contributed by atoms with Gasteiger partial charge >= 0.3 is 5.63 Å². The van der Waals surface area contributed by atoms with E-state index in [0.717, 1.165) is 32.4 Å². The Morgan fingerprint density at radius 1 is 1.38 bits per heavy atom. The van der Waals surface area contributed by atoms with Gasteiger partial charge in [-0.2, -0.15) is 0 Å². The molecule has 1 N–H and O–H groups in total. The van der Waals surface area contributed by atoms with E-state index in [1.54, 1.807) is 17.9 Å². The Hall–Kier alpha value is -1.41. The van der Waals surface area contributed by atoms with Gasteiger partial charge in [0, 0.05) is 19.7 Å². The SMILES string of the molecule is Cc1cc(C2CCCO2)oc(=O)c1C(=O)N1CCOC2(CCNC2)C1.Cl. The largest absolute Gasteiger partial charge is 0.424 e. The first-order valence-corrected chi connectivity index (χ1v) is 8.98. The minimum Gasteiger partial charge on any atom is -0.424 e. The Labute approximate surface area is 158 Å². The molecule has 0 aromatic carbocycles. The zero-order chi connectivity index (χ0) is 17.4. The third-order valence-corrected chi connectivity index (χ3v) is 5.37. The molecule has 2 unspecified atom stereocenters. The van der Waals surface area contributed by atoms with Crippen LogP contribution >= 0.6 is 12.4 Å². The van der Waals surface area contributed by atoms with E-state index in [9.17, 15) is 9.59 Å². The molecule has 2 atom stereocenters. The third kappa shape index (κ3) is 3.53. The number of amides is 1. The quantitative estimate of drug-likeness (QED) is 0.830. The number of nitrogens with zero attached hydrogens (tertiary/aromatic N) is 1. The lowest BCUT2D eigenvalue weighted by molar-refractivity contribution is -0.0867. The lowest BCUT2D eigenvalue weighted by Gasteiger charge is -2.40. The fourth-order valence-corrected chi connectivity index (χ4v) is 4.01. The van der Waals surface area contributed by atoms with Gasteiger partial charge < -0.3 is 24.1 Å². The molecule has 4 rings (SSSR count). The second-order valence-corrected chi connectivity index (χ2v) is 7.18. The highest BCUT2D eigenvalue weighted by Crippen LogP contribution is 2.29. The van der Waals surface area contributed by atoms with Crippen molar-refractivity contribution >= 4 is 18.3 Å². The van der Waals surface area contributed by atoms with Crippen LogP contribution in [0.25, 0.3) is 0 Å². The minimum absolute atomic E-state index is 0. The first kappa shape index (κ1) is 19.4. The molecule has 3 aliphatic heterocycles. The molecule has 0 bridgehead atoms. The standard InChI is InChI=1S/C18H24N2O5.ClH/c1-12-9-14(13-3-2-7-23-13)25-17(22)15(12)16(21)20-6-8-24-18(11-20)4-5-19-10-18;/h9,13,19H,2-8,10-11H2,1H3;1H. The number of ether oxygens (including phenoxy) is 2. The summed E-state index contributed by atoms with van der Waals surface area (Å²) in [5.74, 6) is 0.259. The molecule has 0 saturated carbocycles. The number of morpholine rings is 1. The molecule has 3 saturated heterocycles. The molecule has 1 aromatic rings. The number of hydrogen-bond donors (Lipinski definition) is 1. The molecule has 1 aromatic heterocycles. The van der Waals surface area contributed by atoms with E-state index >= 15 is 0 Å². The summed E-state index contributed by atoms with van der Waals surface area (Å²) < 4.78 is 16.9. The molecule has 4 heterocycles. The van der Waals surface area contributed by atoms with Crippen molar-refractivity contribution in [2.45, 2.75) is 37.9 Å². The van der Waals surface area contributed by atoms with Crippen molar-refractivity contribution in [3.05, 3.63) is 33.4 Å². The summed E-state index contributed by atoms with van der Waals surface area (Å²) in [6.07, 6.45) is 2.50. The van der Waals surface area contributed by atoms with Crippen LogP contribution in [0.3, 0.4) is 0 Å². The maximum atomic E-state index is 13.0. The summed E-state index contributed by atoms with van der Waals surface area (Å²) in [6, 6.07) is 1.78. The van der Waals surface area contributed by atoms with Gasteiger partial charge in [-0.05, 0) is 44.4 Å². The first-order chi connectivity index (χ1) is 12.1. The fourth-order valence-electron chi connectivity index (χ4n) is 4.01. The third-order valence-electron chi connectivity index (χ3n) is 5.37. The Bertz CT molecular complexity index is 723. The highest BCUT2D eigenvalue weighted by atomic mass is 35.5. The van der Waals surface area contributed by atoms with Crippen LogP contribution in [0.2, 0.25) is 0 Å². The van der Waals surface area contributed by atoms with E-state index in [1.807, 2.05) is 0 Å². The Morgan fingerprint density at radius 3 is 2.88 bits per heavy atom.